The number of hydrogen-bond acceptors (Lipinski definition) is 4. The predicted octanol–water partition coefficient (Wildman–Crippen LogP) is 0.244. The number of ether oxygens (including phenoxy) is 3. The van der Waals surface area contributed by atoms with Crippen LogP contribution >= 0.6 is 0 Å². The standard InChI is InChI=1S/C10H17NO3/c1-7-5-11(2)9-8(7)14-6-10(9,12-3)13-4/h8-9H,1,5-6H2,2-4H3/t8-,9+/m1/s1. The first-order valence-electron chi connectivity index (χ1n) is 4.74. The van der Waals surface area contributed by atoms with Crippen molar-refractivity contribution in [1.82, 2.24) is 4.90 Å². The fraction of sp³-hybridized carbons (Fsp3) is 0.800. The van der Waals surface area contributed by atoms with Crippen molar-refractivity contribution in [3.05, 3.63) is 12.2 Å². The third-order valence-electron chi connectivity index (χ3n) is 3.22. The molecule has 2 fully saturated rings. The molecular weight excluding hydrogens is 182 g/mol. The van der Waals surface area contributed by atoms with Gasteiger partial charge < -0.3 is 14.2 Å². The molecule has 2 rings (SSSR count). The van der Waals surface area contributed by atoms with Crippen molar-refractivity contribution in [3.8, 4) is 0 Å². The van der Waals surface area contributed by atoms with E-state index in [0.717, 1.165) is 12.1 Å². The van der Waals surface area contributed by atoms with Crippen LogP contribution in [-0.2, 0) is 14.2 Å². The molecular formula is C10H17NO3. The molecule has 0 aromatic heterocycles. The van der Waals surface area contributed by atoms with E-state index in [-0.39, 0.29) is 12.1 Å². The topological polar surface area (TPSA) is 30.9 Å². The van der Waals surface area contributed by atoms with Crippen LogP contribution in [-0.4, -0.2) is 57.3 Å². The normalized spacial score (nSPS) is 36.4. The Labute approximate surface area is 84.4 Å². The van der Waals surface area contributed by atoms with E-state index in [1.54, 1.807) is 14.2 Å². The van der Waals surface area contributed by atoms with Crippen LogP contribution in [0.5, 0.6) is 0 Å². The number of nitrogens with zero attached hydrogens (tertiary/aromatic N) is 1. The van der Waals surface area contributed by atoms with Crippen LogP contribution in [0, 0.1) is 0 Å². The van der Waals surface area contributed by atoms with Crippen molar-refractivity contribution in [3.63, 3.8) is 0 Å². The van der Waals surface area contributed by atoms with Gasteiger partial charge in [-0.25, -0.2) is 0 Å². The molecule has 0 bridgehead atoms. The van der Waals surface area contributed by atoms with Gasteiger partial charge in [0.15, 0.2) is 0 Å². The number of rotatable bonds is 2. The van der Waals surface area contributed by atoms with E-state index in [1.165, 1.54) is 0 Å². The van der Waals surface area contributed by atoms with Crippen molar-refractivity contribution < 1.29 is 14.2 Å². The van der Waals surface area contributed by atoms with Crippen LogP contribution in [0.2, 0.25) is 0 Å². The fourth-order valence-corrected chi connectivity index (χ4v) is 2.47. The highest BCUT2D eigenvalue weighted by atomic mass is 16.7. The molecule has 0 aromatic carbocycles. The number of hydrogen-bond donors (Lipinski definition) is 0. The second kappa shape index (κ2) is 3.31. The highest BCUT2D eigenvalue weighted by Gasteiger charge is 2.56. The minimum atomic E-state index is -0.626. The molecule has 2 heterocycles. The Morgan fingerprint density at radius 3 is 2.71 bits per heavy atom. The van der Waals surface area contributed by atoms with Gasteiger partial charge in [0.2, 0.25) is 5.79 Å². The Kier molecular flexibility index (Phi) is 2.39. The predicted molar refractivity (Wildman–Crippen MR) is 52.0 cm³/mol. The number of fused-ring (bicyclic) bond motifs is 1. The van der Waals surface area contributed by atoms with Gasteiger partial charge in [-0.2, -0.15) is 0 Å². The first-order valence-corrected chi connectivity index (χ1v) is 4.74. The van der Waals surface area contributed by atoms with E-state index >= 15 is 0 Å². The summed E-state index contributed by atoms with van der Waals surface area (Å²) in [4.78, 5) is 2.17. The quantitative estimate of drug-likeness (QED) is 0.471. The molecule has 0 spiro atoms. The van der Waals surface area contributed by atoms with Crippen LogP contribution in [0.4, 0.5) is 0 Å². The summed E-state index contributed by atoms with van der Waals surface area (Å²) >= 11 is 0. The van der Waals surface area contributed by atoms with E-state index < -0.39 is 5.79 Å². The van der Waals surface area contributed by atoms with E-state index in [1.807, 2.05) is 7.05 Å². The van der Waals surface area contributed by atoms with Crippen LogP contribution in [0.25, 0.3) is 0 Å². The van der Waals surface area contributed by atoms with Gasteiger partial charge in [0.1, 0.15) is 12.7 Å². The highest BCUT2D eigenvalue weighted by Crippen LogP contribution is 2.39. The second-order valence-electron chi connectivity index (χ2n) is 3.97. The van der Waals surface area contributed by atoms with Crippen molar-refractivity contribution in [2.75, 3.05) is 34.4 Å². The summed E-state index contributed by atoms with van der Waals surface area (Å²) in [7, 11) is 5.35. The van der Waals surface area contributed by atoms with E-state index in [2.05, 4.69) is 11.5 Å². The maximum Gasteiger partial charge on any atom is 0.210 e. The van der Waals surface area contributed by atoms with E-state index in [9.17, 15) is 0 Å². The maximum absolute atomic E-state index is 5.67. The van der Waals surface area contributed by atoms with Crippen molar-refractivity contribution in [2.45, 2.75) is 17.9 Å². The summed E-state index contributed by atoms with van der Waals surface area (Å²) in [6, 6.07) is 0.130. The minimum absolute atomic E-state index is 0.0555. The van der Waals surface area contributed by atoms with Gasteiger partial charge in [-0.3, -0.25) is 4.90 Å². The lowest BCUT2D eigenvalue weighted by molar-refractivity contribution is -0.225. The Morgan fingerprint density at radius 1 is 1.50 bits per heavy atom. The molecule has 0 N–H and O–H groups in total. The van der Waals surface area contributed by atoms with Crippen molar-refractivity contribution >= 4 is 0 Å². The number of likely N-dealkylation sites (N-methyl/N-ethyl adjacent to an activating group) is 1. The molecule has 2 atom stereocenters. The molecule has 2 aliphatic heterocycles. The Morgan fingerprint density at radius 2 is 2.14 bits per heavy atom. The van der Waals surface area contributed by atoms with E-state index in [4.69, 9.17) is 14.2 Å². The zero-order valence-corrected chi connectivity index (χ0v) is 8.95. The SMILES string of the molecule is C=C1CN(C)[C@H]2[C@@H]1OCC2(OC)OC. The summed E-state index contributed by atoms with van der Waals surface area (Å²) < 4.78 is 16.6. The smallest absolute Gasteiger partial charge is 0.210 e. The van der Waals surface area contributed by atoms with E-state index in [0.29, 0.717) is 6.61 Å². The molecule has 2 aliphatic rings. The lowest BCUT2D eigenvalue weighted by Gasteiger charge is -2.33. The largest absolute Gasteiger partial charge is 0.366 e. The van der Waals surface area contributed by atoms with Gasteiger partial charge in [0, 0.05) is 20.8 Å². The summed E-state index contributed by atoms with van der Waals surface area (Å²) in [6.45, 7) is 5.33. The molecule has 14 heavy (non-hydrogen) atoms. The monoisotopic (exact) mass is 199 g/mol. The zero-order valence-electron chi connectivity index (χ0n) is 8.95. The first-order chi connectivity index (χ1) is 6.64. The molecule has 80 valence electrons. The average molecular weight is 199 g/mol. The lowest BCUT2D eigenvalue weighted by atomic mass is 10.0. The van der Waals surface area contributed by atoms with Crippen LogP contribution in [0.3, 0.4) is 0 Å². The third-order valence-corrected chi connectivity index (χ3v) is 3.22. The molecule has 0 saturated carbocycles. The number of likely N-dealkylation sites (tertiary alicyclic amines) is 1. The average Bonchev–Trinajstić information content (AvgIpc) is 2.68. The molecule has 0 aromatic rings. The van der Waals surface area contributed by atoms with Gasteiger partial charge in [-0.15, -0.1) is 0 Å². The minimum Gasteiger partial charge on any atom is -0.366 e. The summed E-state index contributed by atoms with van der Waals surface area (Å²) in [5.74, 6) is -0.626. The Bertz CT molecular complexity index is 250. The third kappa shape index (κ3) is 1.15. The van der Waals surface area contributed by atoms with Crippen LogP contribution in [0.1, 0.15) is 0 Å². The lowest BCUT2D eigenvalue weighted by Crippen LogP contribution is -2.52. The molecule has 0 unspecified atom stereocenters. The molecule has 0 amide bonds. The molecule has 0 aliphatic carbocycles. The Balaban J connectivity index is 2.28. The van der Waals surface area contributed by atoms with Crippen LogP contribution < -0.4 is 0 Å². The fourth-order valence-electron chi connectivity index (χ4n) is 2.47. The van der Waals surface area contributed by atoms with Gasteiger partial charge in [-0.05, 0) is 12.6 Å². The summed E-state index contributed by atoms with van der Waals surface area (Å²) in [5, 5.41) is 0. The summed E-state index contributed by atoms with van der Waals surface area (Å²) in [6.07, 6.45) is 0.0555. The number of methoxy groups -OCH3 is 2. The highest BCUT2D eigenvalue weighted by molar-refractivity contribution is 5.21. The van der Waals surface area contributed by atoms with Crippen molar-refractivity contribution in [2.24, 2.45) is 0 Å². The molecule has 4 heteroatoms. The summed E-state index contributed by atoms with van der Waals surface area (Å²) in [5.41, 5.74) is 1.11. The van der Waals surface area contributed by atoms with Crippen LogP contribution in [0.15, 0.2) is 12.2 Å². The molecule has 4 nitrogen and oxygen atoms in total. The maximum atomic E-state index is 5.67. The van der Waals surface area contributed by atoms with Gasteiger partial charge >= 0.3 is 0 Å². The molecule has 2 saturated heterocycles. The van der Waals surface area contributed by atoms with Gasteiger partial charge in [0.05, 0.1) is 6.04 Å². The zero-order chi connectivity index (χ0) is 10.3. The van der Waals surface area contributed by atoms with Gasteiger partial charge in [0.25, 0.3) is 0 Å². The van der Waals surface area contributed by atoms with Crippen molar-refractivity contribution in [1.29, 1.82) is 0 Å². The Hall–Kier alpha value is -0.420. The van der Waals surface area contributed by atoms with Gasteiger partial charge in [-0.1, -0.05) is 6.58 Å². The second-order valence-corrected chi connectivity index (χ2v) is 3.97. The first kappa shape index (κ1) is 10.1. The molecule has 0 radical (unpaired) electrons.